The van der Waals surface area contributed by atoms with Crippen LogP contribution in [0.2, 0.25) is 0 Å². The smallest absolute Gasteiger partial charge is 0.265 e. The number of thiazole rings is 1. The van der Waals surface area contributed by atoms with Crippen LogP contribution in [-0.2, 0) is 4.74 Å². The van der Waals surface area contributed by atoms with Crippen molar-refractivity contribution in [1.29, 1.82) is 0 Å². The Kier molecular flexibility index (Phi) is 4.60. The molecule has 0 aliphatic carbocycles. The Labute approximate surface area is 128 Å². The molecule has 0 bridgehead atoms. The number of nitrogens with zero attached hydrogens (tertiary/aromatic N) is 2. The highest BCUT2D eigenvalue weighted by Gasteiger charge is 2.22. The highest BCUT2D eigenvalue weighted by Crippen LogP contribution is 2.30. The molecule has 3 rings (SSSR count). The summed E-state index contributed by atoms with van der Waals surface area (Å²) < 4.78 is 5.33. The van der Waals surface area contributed by atoms with Crippen molar-refractivity contribution in [3.05, 3.63) is 4.88 Å². The van der Waals surface area contributed by atoms with E-state index < -0.39 is 0 Å². The van der Waals surface area contributed by atoms with Crippen molar-refractivity contribution < 1.29 is 9.53 Å². The lowest BCUT2D eigenvalue weighted by atomic mass is 10.1. The number of carbonyl (C=O) groups is 1. The monoisotopic (exact) mass is 310 g/mol. The number of rotatable bonds is 5. The summed E-state index contributed by atoms with van der Waals surface area (Å²) in [7, 11) is 0. The summed E-state index contributed by atoms with van der Waals surface area (Å²) >= 11 is 1.40. The van der Waals surface area contributed by atoms with Gasteiger partial charge in [-0.3, -0.25) is 4.79 Å². The van der Waals surface area contributed by atoms with Crippen molar-refractivity contribution in [3.8, 4) is 0 Å². The van der Waals surface area contributed by atoms with Crippen LogP contribution < -0.4 is 16.0 Å². The van der Waals surface area contributed by atoms with Gasteiger partial charge in [-0.15, -0.1) is 0 Å². The van der Waals surface area contributed by atoms with E-state index in [9.17, 15) is 4.79 Å². The van der Waals surface area contributed by atoms with E-state index in [1.807, 2.05) is 0 Å². The SMILES string of the molecule is Nc1nc(N2CCCC2)sc1C(=O)NCCC1CCOC1. The van der Waals surface area contributed by atoms with Crippen LogP contribution in [0, 0.1) is 5.92 Å². The molecule has 2 fully saturated rings. The Morgan fingerprint density at radius 3 is 3.00 bits per heavy atom. The van der Waals surface area contributed by atoms with Gasteiger partial charge in [0.05, 0.1) is 0 Å². The zero-order valence-electron chi connectivity index (χ0n) is 12.1. The Morgan fingerprint density at radius 2 is 2.29 bits per heavy atom. The first-order valence-electron chi connectivity index (χ1n) is 7.61. The molecule has 3 heterocycles. The molecule has 1 unspecified atom stereocenters. The third kappa shape index (κ3) is 3.47. The number of carbonyl (C=O) groups excluding carboxylic acids is 1. The largest absolute Gasteiger partial charge is 0.382 e. The van der Waals surface area contributed by atoms with Gasteiger partial charge in [-0.05, 0) is 31.6 Å². The third-order valence-electron chi connectivity index (χ3n) is 4.09. The predicted molar refractivity (Wildman–Crippen MR) is 83.8 cm³/mol. The van der Waals surface area contributed by atoms with Gasteiger partial charge in [0.25, 0.3) is 5.91 Å². The summed E-state index contributed by atoms with van der Waals surface area (Å²) in [6, 6.07) is 0. The van der Waals surface area contributed by atoms with Crippen LogP contribution in [-0.4, -0.2) is 43.7 Å². The minimum Gasteiger partial charge on any atom is -0.382 e. The van der Waals surface area contributed by atoms with Crippen LogP contribution in [0.15, 0.2) is 0 Å². The maximum Gasteiger partial charge on any atom is 0.265 e. The summed E-state index contributed by atoms with van der Waals surface area (Å²) in [6.45, 7) is 4.35. The number of hydrogen-bond acceptors (Lipinski definition) is 6. The fraction of sp³-hybridized carbons (Fsp3) is 0.714. The van der Waals surface area contributed by atoms with Crippen molar-refractivity contribution in [2.75, 3.05) is 43.5 Å². The maximum atomic E-state index is 12.2. The number of anilines is 2. The highest BCUT2D eigenvalue weighted by atomic mass is 32.1. The van der Waals surface area contributed by atoms with Crippen LogP contribution >= 0.6 is 11.3 Å². The lowest BCUT2D eigenvalue weighted by Gasteiger charge is -2.11. The van der Waals surface area contributed by atoms with E-state index in [2.05, 4.69) is 15.2 Å². The molecule has 1 atom stereocenters. The minimum atomic E-state index is -0.102. The number of hydrogen-bond donors (Lipinski definition) is 2. The van der Waals surface area contributed by atoms with Crippen LogP contribution in [0.5, 0.6) is 0 Å². The van der Waals surface area contributed by atoms with Gasteiger partial charge in [0.15, 0.2) is 5.13 Å². The second kappa shape index (κ2) is 6.62. The molecule has 6 nitrogen and oxygen atoms in total. The fourth-order valence-electron chi connectivity index (χ4n) is 2.81. The summed E-state index contributed by atoms with van der Waals surface area (Å²) in [5.74, 6) is 0.822. The Balaban J connectivity index is 1.53. The molecule has 2 aliphatic rings. The van der Waals surface area contributed by atoms with Crippen LogP contribution in [0.4, 0.5) is 10.9 Å². The van der Waals surface area contributed by atoms with Gasteiger partial charge in [-0.1, -0.05) is 11.3 Å². The van der Waals surface area contributed by atoms with Crippen molar-refractivity contribution in [2.24, 2.45) is 5.92 Å². The molecular formula is C14H22N4O2S. The summed E-state index contributed by atoms with van der Waals surface area (Å²) in [4.78, 5) is 19.3. The van der Waals surface area contributed by atoms with Crippen molar-refractivity contribution >= 4 is 28.2 Å². The molecule has 3 N–H and O–H groups in total. The average molecular weight is 310 g/mol. The van der Waals surface area contributed by atoms with Gasteiger partial charge in [0.1, 0.15) is 10.7 Å². The van der Waals surface area contributed by atoms with Gasteiger partial charge in [-0.2, -0.15) is 0 Å². The Hall–Kier alpha value is -1.34. The molecule has 0 radical (unpaired) electrons. The summed E-state index contributed by atoms with van der Waals surface area (Å²) in [6.07, 6.45) is 4.43. The van der Waals surface area contributed by atoms with Crippen molar-refractivity contribution in [1.82, 2.24) is 10.3 Å². The zero-order chi connectivity index (χ0) is 14.7. The number of aromatic nitrogens is 1. The minimum absolute atomic E-state index is 0.102. The van der Waals surface area contributed by atoms with Crippen molar-refractivity contribution in [3.63, 3.8) is 0 Å². The standard InChI is InChI=1S/C14H22N4O2S/c15-12-11(21-14(17-12)18-6-1-2-7-18)13(19)16-5-3-10-4-8-20-9-10/h10H,1-9,15H2,(H,16,19). The molecule has 7 heteroatoms. The molecule has 0 saturated carbocycles. The first-order valence-corrected chi connectivity index (χ1v) is 8.43. The molecule has 21 heavy (non-hydrogen) atoms. The molecule has 2 aliphatic heterocycles. The average Bonchev–Trinajstić information content (AvgIpc) is 3.19. The number of nitrogen functional groups attached to an aromatic ring is 1. The number of nitrogens with two attached hydrogens (primary N) is 1. The van der Waals surface area contributed by atoms with Gasteiger partial charge in [-0.25, -0.2) is 4.98 Å². The van der Waals surface area contributed by atoms with Gasteiger partial charge in [0.2, 0.25) is 0 Å². The lowest BCUT2D eigenvalue weighted by molar-refractivity contribution is 0.0955. The second-order valence-corrected chi connectivity index (χ2v) is 6.66. The maximum absolute atomic E-state index is 12.2. The molecule has 1 aromatic heterocycles. The zero-order valence-corrected chi connectivity index (χ0v) is 13.0. The first-order chi connectivity index (χ1) is 10.2. The van der Waals surface area contributed by atoms with Gasteiger partial charge in [0, 0.05) is 32.8 Å². The van der Waals surface area contributed by atoms with Crippen LogP contribution in [0.1, 0.15) is 35.4 Å². The van der Waals surface area contributed by atoms with Gasteiger partial charge < -0.3 is 20.7 Å². The van der Waals surface area contributed by atoms with E-state index in [0.29, 0.717) is 23.2 Å². The number of amides is 1. The second-order valence-electron chi connectivity index (χ2n) is 5.68. The van der Waals surface area contributed by atoms with Crippen LogP contribution in [0.25, 0.3) is 0 Å². The fourth-order valence-corrected chi connectivity index (χ4v) is 3.76. The quantitative estimate of drug-likeness (QED) is 0.861. The predicted octanol–water partition coefficient (Wildman–Crippen LogP) is 1.48. The number of ether oxygens (including phenoxy) is 1. The molecule has 1 aromatic rings. The topological polar surface area (TPSA) is 80.5 Å². The molecule has 2 saturated heterocycles. The summed E-state index contributed by atoms with van der Waals surface area (Å²) in [5, 5.41) is 3.82. The normalized spacial score (nSPS) is 21.9. The van der Waals surface area contributed by atoms with Gasteiger partial charge >= 0.3 is 0 Å². The lowest BCUT2D eigenvalue weighted by Crippen LogP contribution is -2.26. The van der Waals surface area contributed by atoms with Crippen LogP contribution in [0.3, 0.4) is 0 Å². The Bertz CT molecular complexity index is 493. The third-order valence-corrected chi connectivity index (χ3v) is 5.22. The van der Waals surface area contributed by atoms with E-state index in [1.54, 1.807) is 0 Å². The highest BCUT2D eigenvalue weighted by molar-refractivity contribution is 7.18. The van der Waals surface area contributed by atoms with Crippen molar-refractivity contribution in [2.45, 2.75) is 25.7 Å². The number of nitrogens with one attached hydrogen (secondary N) is 1. The molecule has 0 spiro atoms. The molecule has 1 amide bonds. The van der Waals surface area contributed by atoms with E-state index in [0.717, 1.165) is 44.3 Å². The first kappa shape index (κ1) is 14.6. The molecular weight excluding hydrogens is 288 g/mol. The summed E-state index contributed by atoms with van der Waals surface area (Å²) in [5.41, 5.74) is 5.90. The molecule has 116 valence electrons. The Morgan fingerprint density at radius 1 is 1.48 bits per heavy atom. The van der Waals surface area contributed by atoms with E-state index in [-0.39, 0.29) is 5.91 Å². The van der Waals surface area contributed by atoms with E-state index >= 15 is 0 Å². The van der Waals surface area contributed by atoms with E-state index in [1.165, 1.54) is 24.2 Å². The molecule has 0 aromatic carbocycles. The van der Waals surface area contributed by atoms with E-state index in [4.69, 9.17) is 10.5 Å².